The predicted molar refractivity (Wildman–Crippen MR) is 57.0 cm³/mol. The van der Waals surface area contributed by atoms with Crippen molar-refractivity contribution in [2.75, 3.05) is 13.1 Å². The highest BCUT2D eigenvalue weighted by Crippen LogP contribution is 2.17. The molecule has 0 saturated carbocycles. The van der Waals surface area contributed by atoms with Crippen molar-refractivity contribution in [3.05, 3.63) is 37.7 Å². The lowest BCUT2D eigenvalue weighted by molar-refractivity contribution is 0.182. The van der Waals surface area contributed by atoms with Gasteiger partial charge in [0.1, 0.15) is 6.17 Å². The molecule has 1 rings (SSSR count). The van der Waals surface area contributed by atoms with Gasteiger partial charge in [-0.15, -0.1) is 13.2 Å². The first-order chi connectivity index (χ1) is 6.83. The standard InChI is InChI=1S/C11H15N2O/c1-3-6-12-8-9-13(7-4-2)11(12)5-10-14/h3-4,8-9,11H,1-2,5-7H2. The predicted octanol–water partition coefficient (Wildman–Crippen LogP) is 1.27. The van der Waals surface area contributed by atoms with Gasteiger partial charge in [0, 0.05) is 25.5 Å². The highest BCUT2D eigenvalue weighted by molar-refractivity contribution is 5.51. The van der Waals surface area contributed by atoms with Crippen LogP contribution in [0.1, 0.15) is 6.42 Å². The summed E-state index contributed by atoms with van der Waals surface area (Å²) < 4.78 is 0. The minimum Gasteiger partial charge on any atom is -0.352 e. The Balaban J connectivity index is 2.62. The molecule has 0 aromatic carbocycles. The van der Waals surface area contributed by atoms with E-state index in [1.165, 1.54) is 0 Å². The Kier molecular flexibility index (Phi) is 3.98. The summed E-state index contributed by atoms with van der Waals surface area (Å²) in [6.07, 6.45) is 9.97. The van der Waals surface area contributed by atoms with Crippen molar-refractivity contribution in [1.29, 1.82) is 0 Å². The maximum atomic E-state index is 10.4. The van der Waals surface area contributed by atoms with E-state index in [1.54, 1.807) is 0 Å². The number of hydrogen-bond acceptors (Lipinski definition) is 3. The summed E-state index contributed by atoms with van der Waals surface area (Å²) in [5.74, 6) is 0. The van der Waals surface area contributed by atoms with Gasteiger partial charge >= 0.3 is 0 Å². The van der Waals surface area contributed by atoms with Crippen LogP contribution in [0.2, 0.25) is 0 Å². The molecule has 1 radical (unpaired) electrons. The first-order valence-electron chi connectivity index (χ1n) is 4.60. The second-order valence-corrected chi connectivity index (χ2v) is 3.10. The molecule has 3 nitrogen and oxygen atoms in total. The second-order valence-electron chi connectivity index (χ2n) is 3.10. The molecule has 1 aliphatic rings. The summed E-state index contributed by atoms with van der Waals surface area (Å²) in [5, 5.41) is 0. The van der Waals surface area contributed by atoms with E-state index in [2.05, 4.69) is 23.0 Å². The Bertz CT molecular complexity index is 228. The van der Waals surface area contributed by atoms with Crippen LogP contribution in [0.4, 0.5) is 0 Å². The van der Waals surface area contributed by atoms with E-state index < -0.39 is 0 Å². The van der Waals surface area contributed by atoms with Crippen LogP contribution in [0.25, 0.3) is 0 Å². The Morgan fingerprint density at radius 1 is 1.21 bits per heavy atom. The lowest BCUT2D eigenvalue weighted by Crippen LogP contribution is -2.38. The van der Waals surface area contributed by atoms with Crippen molar-refractivity contribution in [3.63, 3.8) is 0 Å². The minimum absolute atomic E-state index is 0.0727. The maximum absolute atomic E-state index is 10.4. The van der Waals surface area contributed by atoms with E-state index in [0.717, 1.165) is 13.1 Å². The van der Waals surface area contributed by atoms with Gasteiger partial charge < -0.3 is 9.80 Å². The highest BCUT2D eigenvalue weighted by atomic mass is 16.1. The zero-order valence-electron chi connectivity index (χ0n) is 8.22. The lowest BCUT2D eigenvalue weighted by Gasteiger charge is -2.29. The van der Waals surface area contributed by atoms with Gasteiger partial charge in [-0.1, -0.05) is 12.2 Å². The average Bonchev–Trinajstić information content (AvgIpc) is 2.52. The van der Waals surface area contributed by atoms with Crippen molar-refractivity contribution < 1.29 is 4.79 Å². The van der Waals surface area contributed by atoms with Crippen LogP contribution in [0.15, 0.2) is 37.7 Å². The second kappa shape index (κ2) is 5.27. The normalized spacial score (nSPS) is 16.0. The van der Waals surface area contributed by atoms with Crippen molar-refractivity contribution >= 4 is 6.29 Å². The van der Waals surface area contributed by atoms with Crippen LogP contribution in [-0.4, -0.2) is 35.3 Å². The summed E-state index contributed by atoms with van der Waals surface area (Å²) in [5.41, 5.74) is 0. The summed E-state index contributed by atoms with van der Waals surface area (Å²) in [4.78, 5) is 14.5. The first kappa shape index (κ1) is 10.6. The summed E-state index contributed by atoms with van der Waals surface area (Å²) in [7, 11) is 0. The third-order valence-electron chi connectivity index (χ3n) is 2.16. The van der Waals surface area contributed by atoms with Crippen molar-refractivity contribution in [2.24, 2.45) is 0 Å². The smallest absolute Gasteiger partial charge is 0.202 e. The van der Waals surface area contributed by atoms with Gasteiger partial charge in [-0.2, -0.15) is 0 Å². The van der Waals surface area contributed by atoms with Gasteiger partial charge in [-0.25, -0.2) is 0 Å². The lowest BCUT2D eigenvalue weighted by atomic mass is 10.3. The number of nitrogens with zero attached hydrogens (tertiary/aromatic N) is 2. The van der Waals surface area contributed by atoms with Crippen LogP contribution in [0, 0.1) is 0 Å². The molecule has 0 bridgehead atoms. The molecular formula is C11H15N2O. The van der Waals surface area contributed by atoms with Crippen molar-refractivity contribution in [2.45, 2.75) is 12.6 Å². The fourth-order valence-corrected chi connectivity index (χ4v) is 1.53. The van der Waals surface area contributed by atoms with Gasteiger partial charge in [-0.05, 0) is 0 Å². The van der Waals surface area contributed by atoms with E-state index in [4.69, 9.17) is 0 Å². The average molecular weight is 191 g/mol. The third kappa shape index (κ3) is 2.25. The van der Waals surface area contributed by atoms with Gasteiger partial charge in [0.2, 0.25) is 6.29 Å². The first-order valence-corrected chi connectivity index (χ1v) is 4.60. The highest BCUT2D eigenvalue weighted by Gasteiger charge is 2.23. The maximum Gasteiger partial charge on any atom is 0.202 e. The Morgan fingerprint density at radius 3 is 2.07 bits per heavy atom. The molecule has 0 atom stereocenters. The molecule has 1 heterocycles. The third-order valence-corrected chi connectivity index (χ3v) is 2.16. The largest absolute Gasteiger partial charge is 0.352 e. The zero-order chi connectivity index (χ0) is 10.4. The molecule has 1 aliphatic heterocycles. The molecule has 75 valence electrons. The number of rotatable bonds is 6. The van der Waals surface area contributed by atoms with Gasteiger partial charge in [0.05, 0.1) is 6.42 Å². The molecule has 0 aliphatic carbocycles. The molecule has 0 saturated heterocycles. The van der Waals surface area contributed by atoms with Crippen molar-refractivity contribution in [1.82, 2.24) is 9.80 Å². The molecule has 3 heteroatoms. The van der Waals surface area contributed by atoms with E-state index >= 15 is 0 Å². The van der Waals surface area contributed by atoms with Crippen LogP contribution in [0.5, 0.6) is 0 Å². The fourth-order valence-electron chi connectivity index (χ4n) is 1.53. The quantitative estimate of drug-likeness (QED) is 0.591. The van der Waals surface area contributed by atoms with E-state index in [1.807, 2.05) is 30.8 Å². The van der Waals surface area contributed by atoms with E-state index in [-0.39, 0.29) is 6.17 Å². The molecule has 0 fully saturated rings. The topological polar surface area (TPSA) is 23.6 Å². The Morgan fingerprint density at radius 2 is 1.71 bits per heavy atom. The van der Waals surface area contributed by atoms with Gasteiger partial charge in [0.15, 0.2) is 0 Å². The van der Waals surface area contributed by atoms with E-state index in [9.17, 15) is 4.79 Å². The van der Waals surface area contributed by atoms with Crippen LogP contribution in [-0.2, 0) is 4.79 Å². The van der Waals surface area contributed by atoms with Crippen LogP contribution >= 0.6 is 0 Å². The summed E-state index contributed by atoms with van der Waals surface area (Å²) in [6.45, 7) is 8.85. The zero-order valence-corrected chi connectivity index (χ0v) is 8.22. The SMILES string of the molecule is C=CCN1C=CN(CC=C)C1C[C]=O. The van der Waals surface area contributed by atoms with Crippen molar-refractivity contribution in [3.8, 4) is 0 Å². The van der Waals surface area contributed by atoms with Gasteiger partial charge in [-0.3, -0.25) is 4.79 Å². The summed E-state index contributed by atoms with van der Waals surface area (Å²) >= 11 is 0. The Hall–Kier alpha value is -1.51. The fraction of sp³-hybridized carbons (Fsp3) is 0.364. The van der Waals surface area contributed by atoms with Crippen LogP contribution in [0.3, 0.4) is 0 Å². The number of hydrogen-bond donors (Lipinski definition) is 0. The minimum atomic E-state index is 0.0727. The molecule has 0 amide bonds. The van der Waals surface area contributed by atoms with Crippen LogP contribution < -0.4 is 0 Å². The molecule has 0 aromatic rings. The molecule has 14 heavy (non-hydrogen) atoms. The molecule has 0 aromatic heterocycles. The molecule has 0 unspecified atom stereocenters. The summed E-state index contributed by atoms with van der Waals surface area (Å²) in [6, 6.07) is 0. The number of carbonyl (C=O) groups excluding carboxylic acids is 1. The molecule has 0 spiro atoms. The molecule has 0 N–H and O–H groups in total. The Labute approximate surface area is 85.0 Å². The monoisotopic (exact) mass is 191 g/mol. The van der Waals surface area contributed by atoms with E-state index in [0.29, 0.717) is 6.42 Å². The van der Waals surface area contributed by atoms with Gasteiger partial charge in [0.25, 0.3) is 0 Å². The molecular weight excluding hydrogens is 176 g/mol.